The molecule has 1 fully saturated rings. The fourth-order valence-corrected chi connectivity index (χ4v) is 2.00. The Labute approximate surface area is 106 Å². The molecule has 2 rings (SSSR count). The van der Waals surface area contributed by atoms with Gasteiger partial charge >= 0.3 is 6.09 Å². The van der Waals surface area contributed by atoms with Gasteiger partial charge in [0.15, 0.2) is 0 Å². The molecule has 1 saturated heterocycles. The fourth-order valence-electron chi connectivity index (χ4n) is 2.00. The Bertz CT molecular complexity index is 456. The molecule has 1 heterocycles. The largest absolute Gasteiger partial charge is 0.453 e. The molecule has 0 unspecified atom stereocenters. The van der Waals surface area contributed by atoms with Crippen LogP contribution in [0.15, 0.2) is 24.3 Å². The predicted octanol–water partition coefficient (Wildman–Crippen LogP) is 1.46. The molecule has 5 nitrogen and oxygen atoms in total. The van der Waals surface area contributed by atoms with Crippen molar-refractivity contribution in [3.05, 3.63) is 29.8 Å². The summed E-state index contributed by atoms with van der Waals surface area (Å²) in [5.41, 5.74) is 2.01. The number of carbonyl (C=O) groups is 2. The highest BCUT2D eigenvalue weighted by molar-refractivity contribution is 5.96. The van der Waals surface area contributed by atoms with Crippen LogP contribution in [0.3, 0.4) is 0 Å². The molecule has 0 bridgehead atoms. The van der Waals surface area contributed by atoms with Crippen molar-refractivity contribution in [3.63, 3.8) is 0 Å². The minimum atomic E-state index is -0.501. The van der Waals surface area contributed by atoms with Gasteiger partial charge in [0.1, 0.15) is 0 Å². The van der Waals surface area contributed by atoms with E-state index in [0.29, 0.717) is 13.0 Å². The number of methoxy groups -OCH3 is 1. The summed E-state index contributed by atoms with van der Waals surface area (Å²) < 4.78 is 4.52. The van der Waals surface area contributed by atoms with Crippen molar-refractivity contribution in [2.75, 3.05) is 18.6 Å². The van der Waals surface area contributed by atoms with E-state index in [0.717, 1.165) is 11.3 Å². The zero-order valence-corrected chi connectivity index (χ0v) is 10.5. The molecule has 1 atom stereocenters. The lowest BCUT2D eigenvalue weighted by molar-refractivity contribution is -0.117. The minimum Gasteiger partial charge on any atom is -0.453 e. The summed E-state index contributed by atoms with van der Waals surface area (Å²) in [5, 5.41) is 2.65. The summed E-state index contributed by atoms with van der Waals surface area (Å²) in [4.78, 5) is 24.7. The van der Waals surface area contributed by atoms with Crippen LogP contribution in [0.25, 0.3) is 0 Å². The standard InChI is InChI=1S/C13H16N2O3/c1-9-3-5-11(6-4-9)15-8-10(7-12(15)16)14-13(17)18-2/h3-6,10H,7-8H2,1-2H3,(H,14,17)/t10-/m1/s1. The summed E-state index contributed by atoms with van der Waals surface area (Å²) in [7, 11) is 1.31. The van der Waals surface area contributed by atoms with Gasteiger partial charge in [-0.1, -0.05) is 17.7 Å². The van der Waals surface area contributed by atoms with E-state index in [4.69, 9.17) is 0 Å². The zero-order valence-electron chi connectivity index (χ0n) is 10.5. The van der Waals surface area contributed by atoms with Crippen molar-refractivity contribution >= 4 is 17.7 Å². The normalized spacial score (nSPS) is 18.9. The van der Waals surface area contributed by atoms with Crippen LogP contribution in [0.1, 0.15) is 12.0 Å². The van der Waals surface area contributed by atoms with Crippen LogP contribution in [0.4, 0.5) is 10.5 Å². The predicted molar refractivity (Wildman–Crippen MR) is 67.5 cm³/mol. The van der Waals surface area contributed by atoms with E-state index in [9.17, 15) is 9.59 Å². The van der Waals surface area contributed by atoms with Crippen molar-refractivity contribution in [1.82, 2.24) is 5.32 Å². The molecule has 1 aliphatic heterocycles. The third-order valence-corrected chi connectivity index (χ3v) is 2.98. The number of alkyl carbamates (subject to hydrolysis) is 1. The van der Waals surface area contributed by atoms with Gasteiger partial charge < -0.3 is 15.0 Å². The number of hydrogen-bond acceptors (Lipinski definition) is 3. The van der Waals surface area contributed by atoms with E-state index >= 15 is 0 Å². The van der Waals surface area contributed by atoms with Gasteiger partial charge in [0, 0.05) is 18.7 Å². The summed E-state index contributed by atoms with van der Waals surface area (Å²) in [5.74, 6) is 0.0141. The van der Waals surface area contributed by atoms with Crippen LogP contribution < -0.4 is 10.2 Å². The summed E-state index contributed by atoms with van der Waals surface area (Å²) >= 11 is 0. The molecule has 0 radical (unpaired) electrons. The number of rotatable bonds is 2. The number of benzene rings is 1. The van der Waals surface area contributed by atoms with Gasteiger partial charge in [0.2, 0.25) is 5.91 Å². The lowest BCUT2D eigenvalue weighted by Gasteiger charge is -2.17. The molecule has 0 saturated carbocycles. The minimum absolute atomic E-state index is 0.0141. The van der Waals surface area contributed by atoms with Crippen LogP contribution in [-0.4, -0.2) is 31.7 Å². The van der Waals surface area contributed by atoms with Crippen molar-refractivity contribution in [2.45, 2.75) is 19.4 Å². The Morgan fingerprint density at radius 3 is 2.67 bits per heavy atom. The number of amides is 2. The van der Waals surface area contributed by atoms with Crippen molar-refractivity contribution in [1.29, 1.82) is 0 Å². The van der Waals surface area contributed by atoms with Gasteiger partial charge in [-0.3, -0.25) is 4.79 Å². The Balaban J connectivity index is 2.05. The molecule has 2 amide bonds. The van der Waals surface area contributed by atoms with Crippen molar-refractivity contribution in [3.8, 4) is 0 Å². The molecule has 5 heteroatoms. The molecule has 0 spiro atoms. The molecule has 1 aromatic rings. The average Bonchev–Trinajstić information content (AvgIpc) is 2.71. The molecule has 1 N–H and O–H groups in total. The van der Waals surface area contributed by atoms with Crippen LogP contribution >= 0.6 is 0 Å². The monoisotopic (exact) mass is 248 g/mol. The topological polar surface area (TPSA) is 58.6 Å². The number of nitrogens with zero attached hydrogens (tertiary/aromatic N) is 1. The maximum Gasteiger partial charge on any atom is 0.407 e. The first-order chi connectivity index (χ1) is 8.60. The maximum absolute atomic E-state index is 11.9. The molecular formula is C13H16N2O3. The third kappa shape index (κ3) is 2.61. The van der Waals surface area contributed by atoms with Gasteiger partial charge in [0.05, 0.1) is 13.2 Å². The van der Waals surface area contributed by atoms with Gasteiger partial charge in [0.25, 0.3) is 0 Å². The Morgan fingerprint density at radius 2 is 2.06 bits per heavy atom. The van der Waals surface area contributed by atoms with E-state index in [-0.39, 0.29) is 11.9 Å². The second-order valence-electron chi connectivity index (χ2n) is 4.38. The Kier molecular flexibility index (Phi) is 3.50. The third-order valence-electron chi connectivity index (χ3n) is 2.98. The first-order valence-corrected chi connectivity index (χ1v) is 5.81. The highest BCUT2D eigenvalue weighted by Gasteiger charge is 2.31. The Hall–Kier alpha value is -2.04. The van der Waals surface area contributed by atoms with Gasteiger partial charge in [-0.2, -0.15) is 0 Å². The molecule has 1 aliphatic rings. The fraction of sp³-hybridized carbons (Fsp3) is 0.385. The smallest absolute Gasteiger partial charge is 0.407 e. The lowest BCUT2D eigenvalue weighted by atomic mass is 10.2. The number of aryl methyl sites for hydroxylation is 1. The number of carbonyl (C=O) groups excluding carboxylic acids is 2. The summed E-state index contributed by atoms with van der Waals surface area (Å²) in [6.45, 7) is 2.48. The average molecular weight is 248 g/mol. The highest BCUT2D eigenvalue weighted by Crippen LogP contribution is 2.21. The summed E-state index contributed by atoms with van der Waals surface area (Å²) in [6.07, 6.45) is -0.193. The van der Waals surface area contributed by atoms with Gasteiger partial charge in [-0.05, 0) is 19.1 Å². The lowest BCUT2D eigenvalue weighted by Crippen LogP contribution is -2.37. The first kappa shape index (κ1) is 12.4. The molecule has 18 heavy (non-hydrogen) atoms. The van der Waals surface area contributed by atoms with Crippen LogP contribution in [0, 0.1) is 6.92 Å². The van der Waals surface area contributed by atoms with E-state index in [2.05, 4.69) is 10.1 Å². The molecule has 0 aromatic heterocycles. The maximum atomic E-state index is 11.9. The molecular weight excluding hydrogens is 232 g/mol. The molecule has 0 aliphatic carbocycles. The SMILES string of the molecule is COC(=O)N[C@@H]1CC(=O)N(c2ccc(C)cc2)C1. The van der Waals surface area contributed by atoms with Gasteiger partial charge in [-0.25, -0.2) is 4.79 Å². The number of anilines is 1. The van der Waals surface area contributed by atoms with E-state index in [1.165, 1.54) is 7.11 Å². The van der Waals surface area contributed by atoms with Gasteiger partial charge in [-0.15, -0.1) is 0 Å². The zero-order chi connectivity index (χ0) is 13.1. The summed E-state index contributed by atoms with van der Waals surface area (Å²) in [6, 6.07) is 7.56. The van der Waals surface area contributed by atoms with Crippen molar-refractivity contribution in [2.24, 2.45) is 0 Å². The first-order valence-electron chi connectivity index (χ1n) is 5.81. The Morgan fingerprint density at radius 1 is 1.39 bits per heavy atom. The van der Waals surface area contributed by atoms with Crippen LogP contribution in [-0.2, 0) is 9.53 Å². The van der Waals surface area contributed by atoms with Crippen LogP contribution in [0.5, 0.6) is 0 Å². The highest BCUT2D eigenvalue weighted by atomic mass is 16.5. The van der Waals surface area contributed by atoms with E-state index < -0.39 is 6.09 Å². The number of nitrogens with one attached hydrogen (secondary N) is 1. The van der Waals surface area contributed by atoms with Crippen molar-refractivity contribution < 1.29 is 14.3 Å². The second-order valence-corrected chi connectivity index (χ2v) is 4.38. The number of ether oxygens (including phenoxy) is 1. The van der Waals surface area contributed by atoms with E-state index in [1.807, 2.05) is 31.2 Å². The molecule has 96 valence electrons. The number of hydrogen-bond donors (Lipinski definition) is 1. The van der Waals surface area contributed by atoms with E-state index in [1.54, 1.807) is 4.90 Å². The van der Waals surface area contributed by atoms with Crippen LogP contribution in [0.2, 0.25) is 0 Å². The second kappa shape index (κ2) is 5.08. The quantitative estimate of drug-likeness (QED) is 0.862. The molecule has 1 aromatic carbocycles.